The van der Waals surface area contributed by atoms with Gasteiger partial charge in [-0.2, -0.15) is 0 Å². The van der Waals surface area contributed by atoms with Crippen molar-refractivity contribution in [1.29, 1.82) is 0 Å². The van der Waals surface area contributed by atoms with Crippen molar-refractivity contribution in [3.8, 4) is 0 Å². The Balaban J connectivity index is 2.05. The first-order valence-electron chi connectivity index (χ1n) is 6.21. The average Bonchev–Trinajstić information content (AvgIpc) is 2.78. The topological polar surface area (TPSA) is 59.2 Å². The number of aromatic nitrogens is 1. The van der Waals surface area contributed by atoms with Crippen molar-refractivity contribution in [2.45, 2.75) is 26.2 Å². The minimum Gasteiger partial charge on any atom is -0.398 e. The third kappa shape index (κ3) is 2.57. The van der Waals surface area contributed by atoms with Crippen LogP contribution in [-0.2, 0) is 0 Å². The lowest BCUT2D eigenvalue weighted by Crippen LogP contribution is -2.29. The molecule has 0 saturated carbocycles. The number of nitrogens with zero attached hydrogens (tertiary/aromatic N) is 2. The molecule has 1 fully saturated rings. The number of anilines is 1. The fourth-order valence-corrected chi connectivity index (χ4v) is 2.42. The van der Waals surface area contributed by atoms with Crippen LogP contribution in [-0.4, -0.2) is 28.9 Å². The Morgan fingerprint density at radius 1 is 1.65 bits per heavy atom. The van der Waals surface area contributed by atoms with Gasteiger partial charge in [0.25, 0.3) is 5.91 Å². The Kier molecular flexibility index (Phi) is 3.61. The number of nitrogen functional groups attached to an aromatic ring is 1. The molecule has 4 nitrogen and oxygen atoms in total. The van der Waals surface area contributed by atoms with Crippen LogP contribution in [0, 0.1) is 5.92 Å². The predicted octanol–water partition coefficient (Wildman–Crippen LogP) is 1.93. The van der Waals surface area contributed by atoms with Crippen LogP contribution >= 0.6 is 0 Å². The van der Waals surface area contributed by atoms with Gasteiger partial charge < -0.3 is 10.6 Å². The molecule has 1 saturated heterocycles. The van der Waals surface area contributed by atoms with E-state index in [0.29, 0.717) is 17.2 Å². The van der Waals surface area contributed by atoms with Crippen LogP contribution in [0.2, 0.25) is 0 Å². The maximum atomic E-state index is 12.2. The van der Waals surface area contributed by atoms with Crippen molar-refractivity contribution >= 4 is 11.6 Å². The molecule has 1 unspecified atom stereocenters. The summed E-state index contributed by atoms with van der Waals surface area (Å²) in [6.45, 7) is 3.89. The van der Waals surface area contributed by atoms with Crippen molar-refractivity contribution in [3.05, 3.63) is 24.0 Å². The zero-order chi connectivity index (χ0) is 12.3. The molecule has 92 valence electrons. The van der Waals surface area contributed by atoms with E-state index < -0.39 is 0 Å². The largest absolute Gasteiger partial charge is 0.398 e. The Morgan fingerprint density at radius 2 is 2.47 bits per heavy atom. The van der Waals surface area contributed by atoms with Crippen molar-refractivity contribution in [3.63, 3.8) is 0 Å². The minimum absolute atomic E-state index is 0.0224. The SMILES string of the molecule is CCCC1CCN(C(=O)c2cnccc2N)C1. The number of hydrogen-bond acceptors (Lipinski definition) is 3. The highest BCUT2D eigenvalue weighted by atomic mass is 16.2. The van der Waals surface area contributed by atoms with Crippen LogP contribution in [0.5, 0.6) is 0 Å². The molecule has 1 aliphatic heterocycles. The first-order valence-corrected chi connectivity index (χ1v) is 6.21. The van der Waals surface area contributed by atoms with E-state index in [4.69, 9.17) is 5.73 Å². The molecule has 0 bridgehead atoms. The van der Waals surface area contributed by atoms with E-state index in [1.807, 2.05) is 4.90 Å². The molecule has 4 heteroatoms. The first kappa shape index (κ1) is 11.9. The summed E-state index contributed by atoms with van der Waals surface area (Å²) in [5.41, 5.74) is 6.84. The van der Waals surface area contributed by atoms with Crippen molar-refractivity contribution in [2.75, 3.05) is 18.8 Å². The Morgan fingerprint density at radius 3 is 3.18 bits per heavy atom. The molecule has 1 atom stereocenters. The molecule has 0 aliphatic carbocycles. The fraction of sp³-hybridized carbons (Fsp3) is 0.538. The Labute approximate surface area is 102 Å². The Bertz CT molecular complexity index is 405. The molecule has 1 aliphatic rings. The van der Waals surface area contributed by atoms with Crippen LogP contribution in [0.15, 0.2) is 18.5 Å². The number of carbonyl (C=O) groups is 1. The maximum Gasteiger partial charge on any atom is 0.257 e. The minimum atomic E-state index is 0.0224. The summed E-state index contributed by atoms with van der Waals surface area (Å²) in [5, 5.41) is 0. The molecular weight excluding hydrogens is 214 g/mol. The Hall–Kier alpha value is -1.58. The smallest absolute Gasteiger partial charge is 0.257 e. The number of amides is 1. The maximum absolute atomic E-state index is 12.2. The van der Waals surface area contributed by atoms with E-state index in [1.165, 1.54) is 12.8 Å². The van der Waals surface area contributed by atoms with E-state index in [2.05, 4.69) is 11.9 Å². The van der Waals surface area contributed by atoms with Crippen LogP contribution in [0.25, 0.3) is 0 Å². The van der Waals surface area contributed by atoms with Crippen molar-refractivity contribution < 1.29 is 4.79 Å². The monoisotopic (exact) mass is 233 g/mol. The summed E-state index contributed by atoms with van der Waals surface area (Å²) in [4.78, 5) is 18.1. The molecule has 0 spiro atoms. The second kappa shape index (κ2) is 5.17. The lowest BCUT2D eigenvalue weighted by Gasteiger charge is -2.17. The van der Waals surface area contributed by atoms with Crippen LogP contribution in [0.4, 0.5) is 5.69 Å². The lowest BCUT2D eigenvalue weighted by atomic mass is 10.0. The number of hydrogen-bond donors (Lipinski definition) is 1. The van der Waals surface area contributed by atoms with Crippen molar-refractivity contribution in [2.24, 2.45) is 5.92 Å². The van der Waals surface area contributed by atoms with Gasteiger partial charge in [0.2, 0.25) is 0 Å². The van der Waals surface area contributed by atoms with Gasteiger partial charge >= 0.3 is 0 Å². The molecule has 1 aromatic rings. The van der Waals surface area contributed by atoms with Gasteiger partial charge in [0.1, 0.15) is 0 Å². The molecule has 0 aromatic carbocycles. The molecule has 2 rings (SSSR count). The van der Waals surface area contributed by atoms with Gasteiger partial charge in [0.05, 0.1) is 5.56 Å². The van der Waals surface area contributed by atoms with Gasteiger partial charge in [-0.3, -0.25) is 9.78 Å². The summed E-state index contributed by atoms with van der Waals surface area (Å²) in [6, 6.07) is 1.67. The van der Waals surface area contributed by atoms with Gasteiger partial charge in [-0.05, 0) is 24.8 Å². The van der Waals surface area contributed by atoms with Crippen molar-refractivity contribution in [1.82, 2.24) is 9.88 Å². The summed E-state index contributed by atoms with van der Waals surface area (Å²) >= 11 is 0. The van der Waals surface area contributed by atoms with Crippen LogP contribution in [0.3, 0.4) is 0 Å². The molecule has 1 amide bonds. The van der Waals surface area contributed by atoms with E-state index in [-0.39, 0.29) is 5.91 Å². The summed E-state index contributed by atoms with van der Waals surface area (Å²) in [5.74, 6) is 0.677. The molecule has 0 radical (unpaired) electrons. The average molecular weight is 233 g/mol. The normalized spacial score (nSPS) is 19.6. The number of carbonyl (C=O) groups excluding carboxylic acids is 1. The summed E-state index contributed by atoms with van der Waals surface area (Å²) < 4.78 is 0. The molecular formula is C13H19N3O. The van der Waals surface area contributed by atoms with Gasteiger partial charge in [-0.15, -0.1) is 0 Å². The predicted molar refractivity (Wildman–Crippen MR) is 67.6 cm³/mol. The van der Waals surface area contributed by atoms with E-state index >= 15 is 0 Å². The zero-order valence-electron chi connectivity index (χ0n) is 10.2. The first-order chi connectivity index (χ1) is 8.22. The number of nitrogens with two attached hydrogens (primary N) is 1. The quantitative estimate of drug-likeness (QED) is 0.867. The molecule has 2 N–H and O–H groups in total. The third-order valence-electron chi connectivity index (χ3n) is 3.36. The van der Waals surface area contributed by atoms with Crippen LogP contribution in [0.1, 0.15) is 36.5 Å². The van der Waals surface area contributed by atoms with E-state index in [9.17, 15) is 4.79 Å². The highest BCUT2D eigenvalue weighted by molar-refractivity contribution is 5.98. The second-order valence-corrected chi connectivity index (χ2v) is 4.66. The second-order valence-electron chi connectivity index (χ2n) is 4.66. The molecule has 1 aromatic heterocycles. The molecule has 2 heterocycles. The molecule has 17 heavy (non-hydrogen) atoms. The highest BCUT2D eigenvalue weighted by Crippen LogP contribution is 2.23. The number of rotatable bonds is 3. The third-order valence-corrected chi connectivity index (χ3v) is 3.36. The number of pyridine rings is 1. The standard InChI is InChI=1S/C13H19N3O/c1-2-3-10-5-7-16(9-10)13(17)11-8-15-6-4-12(11)14/h4,6,8,10H,2-3,5,7,9H2,1H3,(H2,14,15). The van der Waals surface area contributed by atoms with Gasteiger partial charge in [0.15, 0.2) is 0 Å². The van der Waals surface area contributed by atoms with E-state index in [1.54, 1.807) is 18.5 Å². The van der Waals surface area contributed by atoms with Gasteiger partial charge in [0, 0.05) is 31.2 Å². The highest BCUT2D eigenvalue weighted by Gasteiger charge is 2.27. The van der Waals surface area contributed by atoms with Gasteiger partial charge in [-0.25, -0.2) is 0 Å². The van der Waals surface area contributed by atoms with Gasteiger partial charge in [-0.1, -0.05) is 13.3 Å². The lowest BCUT2D eigenvalue weighted by molar-refractivity contribution is 0.0787. The zero-order valence-corrected chi connectivity index (χ0v) is 10.2. The fourth-order valence-electron chi connectivity index (χ4n) is 2.42. The summed E-state index contributed by atoms with van der Waals surface area (Å²) in [6.07, 6.45) is 6.66. The van der Waals surface area contributed by atoms with Crippen LogP contribution < -0.4 is 5.73 Å². The van der Waals surface area contributed by atoms with E-state index in [0.717, 1.165) is 19.5 Å². The summed E-state index contributed by atoms with van der Waals surface area (Å²) in [7, 11) is 0. The number of likely N-dealkylation sites (tertiary alicyclic amines) is 1.